The van der Waals surface area contributed by atoms with Crippen molar-refractivity contribution in [2.75, 3.05) is 5.32 Å². The molecule has 0 unspecified atom stereocenters. The molecule has 8 heteroatoms. The molecule has 19 heavy (non-hydrogen) atoms. The van der Waals surface area contributed by atoms with Gasteiger partial charge in [0.2, 0.25) is 5.28 Å². The third kappa shape index (κ3) is 4.57. The van der Waals surface area contributed by atoms with Crippen LogP contribution in [0.1, 0.15) is 31.1 Å². The van der Waals surface area contributed by atoms with E-state index in [9.17, 15) is 9.59 Å². The molecule has 1 heterocycles. The summed E-state index contributed by atoms with van der Waals surface area (Å²) in [5.41, 5.74) is -0.894. The van der Waals surface area contributed by atoms with Crippen LogP contribution in [0.15, 0.2) is 12.1 Å². The summed E-state index contributed by atoms with van der Waals surface area (Å²) in [4.78, 5) is 29.0. The van der Waals surface area contributed by atoms with E-state index in [2.05, 4.69) is 15.3 Å². The maximum atomic E-state index is 11.0. The fourth-order valence-electron chi connectivity index (χ4n) is 1.10. The first-order valence-corrected chi connectivity index (χ1v) is 5.57. The minimum absolute atomic E-state index is 0.143. The maximum absolute atomic E-state index is 11.0. The van der Waals surface area contributed by atoms with Gasteiger partial charge >= 0.3 is 5.97 Å². The highest BCUT2D eigenvalue weighted by Crippen LogP contribution is 2.18. The van der Waals surface area contributed by atoms with Gasteiger partial charge in [-0.2, -0.15) is 4.98 Å². The Morgan fingerprint density at radius 3 is 2.63 bits per heavy atom. The van der Waals surface area contributed by atoms with E-state index in [-0.39, 0.29) is 22.5 Å². The van der Waals surface area contributed by atoms with Crippen molar-refractivity contribution in [1.82, 2.24) is 9.97 Å². The summed E-state index contributed by atoms with van der Waals surface area (Å²) >= 11 is 5.58. The summed E-state index contributed by atoms with van der Waals surface area (Å²) in [7, 11) is 0. The lowest BCUT2D eigenvalue weighted by Crippen LogP contribution is -2.23. The third-order valence-electron chi connectivity index (χ3n) is 1.72. The van der Waals surface area contributed by atoms with Crippen molar-refractivity contribution in [3.05, 3.63) is 22.9 Å². The van der Waals surface area contributed by atoms with Gasteiger partial charge in [0.15, 0.2) is 11.8 Å². The zero-order chi connectivity index (χ0) is 14.6. The number of aromatic carboxylic acids is 1. The maximum Gasteiger partial charge on any atom is 0.341 e. The summed E-state index contributed by atoms with van der Waals surface area (Å²) in [6.45, 7) is 5.16. The SMILES string of the molecule is CC(C)(C)OC(=C=O)Nc1nc(Cl)ncc1C(=O)O. The number of ether oxygens (including phenoxy) is 1. The van der Waals surface area contributed by atoms with Crippen molar-refractivity contribution in [3.63, 3.8) is 0 Å². The van der Waals surface area contributed by atoms with Crippen LogP contribution in [-0.4, -0.2) is 32.6 Å². The van der Waals surface area contributed by atoms with Gasteiger partial charge in [-0.05, 0) is 32.4 Å². The van der Waals surface area contributed by atoms with E-state index in [4.69, 9.17) is 21.4 Å². The van der Waals surface area contributed by atoms with E-state index in [1.54, 1.807) is 20.8 Å². The van der Waals surface area contributed by atoms with Crippen LogP contribution in [0.5, 0.6) is 0 Å². The fraction of sp³-hybridized carbons (Fsp3) is 0.364. The molecule has 0 spiro atoms. The number of carbonyl (C=O) groups excluding carboxylic acids is 1. The minimum atomic E-state index is -1.26. The molecular formula is C11H12ClN3O4. The van der Waals surface area contributed by atoms with Gasteiger partial charge < -0.3 is 15.2 Å². The van der Waals surface area contributed by atoms with E-state index < -0.39 is 11.6 Å². The second kappa shape index (κ2) is 5.69. The molecule has 0 bridgehead atoms. The average Bonchev–Trinajstić information content (AvgIpc) is 2.25. The standard InChI is InChI=1S/C11H12ClN3O4/c1-11(2,3)19-7(5-16)14-8-6(9(17)18)4-13-10(12)15-8/h4H,1-3H3,(H,17,18)(H,13,14,15). The smallest absolute Gasteiger partial charge is 0.341 e. The van der Waals surface area contributed by atoms with E-state index in [0.29, 0.717) is 0 Å². The van der Waals surface area contributed by atoms with Gasteiger partial charge in [-0.15, -0.1) is 0 Å². The largest absolute Gasteiger partial charge is 0.477 e. The van der Waals surface area contributed by atoms with Gasteiger partial charge in [0.05, 0.1) is 0 Å². The number of carboxylic acid groups (broad SMARTS) is 1. The Balaban J connectivity index is 3.07. The fourth-order valence-corrected chi connectivity index (χ4v) is 1.23. The first-order chi connectivity index (χ1) is 8.73. The Morgan fingerprint density at radius 2 is 2.16 bits per heavy atom. The van der Waals surface area contributed by atoms with Gasteiger partial charge in [-0.3, -0.25) is 0 Å². The monoisotopic (exact) mass is 285 g/mol. The van der Waals surface area contributed by atoms with Crippen LogP contribution in [0.3, 0.4) is 0 Å². The van der Waals surface area contributed by atoms with E-state index >= 15 is 0 Å². The normalized spacial score (nSPS) is 10.5. The molecule has 0 aliphatic rings. The quantitative estimate of drug-likeness (QED) is 0.493. The van der Waals surface area contributed by atoms with Crippen molar-refractivity contribution in [1.29, 1.82) is 0 Å². The van der Waals surface area contributed by atoms with Gasteiger partial charge in [0.1, 0.15) is 11.2 Å². The number of rotatable bonds is 4. The van der Waals surface area contributed by atoms with Crippen LogP contribution in [0.4, 0.5) is 5.82 Å². The Kier molecular flexibility index (Phi) is 4.47. The second-order valence-corrected chi connectivity index (χ2v) is 4.82. The molecule has 0 fully saturated rings. The number of hydrogen-bond donors (Lipinski definition) is 2. The van der Waals surface area contributed by atoms with Gasteiger partial charge in [-0.25, -0.2) is 14.6 Å². The molecule has 0 saturated carbocycles. The summed E-state index contributed by atoms with van der Waals surface area (Å²) in [5, 5.41) is 11.2. The molecule has 0 aliphatic heterocycles. The van der Waals surface area contributed by atoms with Crippen LogP contribution in [0, 0.1) is 0 Å². The topological polar surface area (TPSA) is 101 Å². The van der Waals surface area contributed by atoms with Crippen LogP contribution < -0.4 is 5.32 Å². The average molecular weight is 286 g/mol. The summed E-state index contributed by atoms with van der Waals surface area (Å²) in [6.07, 6.45) is 1.03. The zero-order valence-electron chi connectivity index (χ0n) is 10.5. The van der Waals surface area contributed by atoms with Gasteiger partial charge in [0, 0.05) is 6.20 Å². The van der Waals surface area contributed by atoms with Crippen molar-refractivity contribution in [2.45, 2.75) is 26.4 Å². The highest BCUT2D eigenvalue weighted by Gasteiger charge is 2.19. The predicted octanol–water partition coefficient (Wildman–Crippen LogP) is 1.73. The van der Waals surface area contributed by atoms with Crippen molar-refractivity contribution >= 4 is 29.3 Å². The minimum Gasteiger partial charge on any atom is -0.477 e. The number of nitrogens with one attached hydrogen (secondary N) is 1. The summed E-state index contributed by atoms with van der Waals surface area (Å²) < 4.78 is 5.25. The first-order valence-electron chi connectivity index (χ1n) is 5.20. The number of hydrogen-bond acceptors (Lipinski definition) is 6. The van der Waals surface area contributed by atoms with Crippen molar-refractivity contribution in [2.24, 2.45) is 0 Å². The van der Waals surface area contributed by atoms with Crippen molar-refractivity contribution < 1.29 is 19.4 Å². The molecule has 102 valence electrons. The lowest BCUT2D eigenvalue weighted by molar-refractivity contribution is 0.0578. The van der Waals surface area contributed by atoms with Gasteiger partial charge in [-0.1, -0.05) is 0 Å². The van der Waals surface area contributed by atoms with Crippen molar-refractivity contribution in [3.8, 4) is 0 Å². The molecule has 1 aromatic rings. The number of halogens is 1. The van der Waals surface area contributed by atoms with Crippen LogP contribution >= 0.6 is 11.6 Å². The molecular weight excluding hydrogens is 274 g/mol. The summed E-state index contributed by atoms with van der Waals surface area (Å²) in [5.74, 6) is -0.165. The van der Waals surface area contributed by atoms with E-state index in [0.717, 1.165) is 6.20 Å². The lowest BCUT2D eigenvalue weighted by atomic mass is 10.2. The van der Waals surface area contributed by atoms with E-state index in [1.807, 2.05) is 0 Å². The molecule has 0 radical (unpaired) electrons. The molecule has 1 rings (SSSR count). The number of nitrogens with zero attached hydrogens (tertiary/aromatic N) is 2. The first kappa shape index (κ1) is 14.9. The lowest BCUT2D eigenvalue weighted by Gasteiger charge is -2.21. The Labute approximate surface area is 114 Å². The highest BCUT2D eigenvalue weighted by atomic mass is 35.5. The summed E-state index contributed by atoms with van der Waals surface area (Å²) in [6, 6.07) is 0. The molecule has 0 saturated heterocycles. The molecule has 0 aromatic carbocycles. The molecule has 7 nitrogen and oxygen atoms in total. The van der Waals surface area contributed by atoms with Gasteiger partial charge in [0.25, 0.3) is 5.88 Å². The zero-order valence-corrected chi connectivity index (χ0v) is 11.3. The second-order valence-electron chi connectivity index (χ2n) is 4.48. The molecule has 0 amide bonds. The molecule has 1 aromatic heterocycles. The number of aromatic nitrogens is 2. The highest BCUT2D eigenvalue weighted by molar-refractivity contribution is 6.28. The van der Waals surface area contributed by atoms with E-state index in [1.165, 1.54) is 5.94 Å². The molecule has 0 aliphatic carbocycles. The number of carboxylic acids is 1. The third-order valence-corrected chi connectivity index (χ3v) is 1.90. The molecule has 2 N–H and O–H groups in total. The van der Waals surface area contributed by atoms with Crippen LogP contribution in [0.25, 0.3) is 0 Å². The Morgan fingerprint density at radius 1 is 1.53 bits per heavy atom. The Bertz CT molecular complexity index is 547. The van der Waals surface area contributed by atoms with Crippen LogP contribution in [-0.2, 0) is 9.53 Å². The Hall–Kier alpha value is -2.11. The number of anilines is 1. The molecule has 0 atom stereocenters. The van der Waals surface area contributed by atoms with Crippen LogP contribution in [0.2, 0.25) is 5.28 Å². The number of carbonyl (C=O) groups is 1. The predicted molar refractivity (Wildman–Crippen MR) is 67.7 cm³/mol.